The number of alkyl halides is 3. The molecule has 1 N–H and O–H groups in total. The van der Waals surface area contributed by atoms with Crippen molar-refractivity contribution >= 4 is 17.2 Å². The monoisotopic (exact) mass is 461 g/mol. The van der Waals surface area contributed by atoms with Crippen LogP contribution in [0.1, 0.15) is 34.2 Å². The largest absolute Gasteiger partial charge is 0.435 e. The predicted molar refractivity (Wildman–Crippen MR) is 110 cm³/mol. The summed E-state index contributed by atoms with van der Waals surface area (Å²) in [6.45, 7) is 1.60. The molecule has 4 rings (SSSR count). The standard InChI is InChI=1S/C21H15F4N5OS/c1-12(20-27-15(11-32-20)13-7-3-2-4-8-13)26-19(31)17-18(21(23,24)25)30(29-28-17)16-10-6-5-9-14(16)22/h2-12H,1H3,(H,26,31). The number of hydrogen-bond acceptors (Lipinski definition) is 5. The lowest BCUT2D eigenvalue weighted by Crippen LogP contribution is -2.29. The summed E-state index contributed by atoms with van der Waals surface area (Å²) in [6.07, 6.45) is -5.00. The Morgan fingerprint density at radius 2 is 1.78 bits per heavy atom. The first-order valence-corrected chi connectivity index (χ1v) is 10.2. The SMILES string of the molecule is CC(NC(=O)c1nnn(-c2ccccc2F)c1C(F)(F)F)c1nc(-c2ccccc2)cs1. The molecule has 0 fully saturated rings. The molecular weight excluding hydrogens is 446 g/mol. The Morgan fingerprint density at radius 3 is 2.47 bits per heavy atom. The fourth-order valence-corrected chi connectivity index (χ4v) is 3.87. The highest BCUT2D eigenvalue weighted by Crippen LogP contribution is 2.33. The van der Waals surface area contributed by atoms with Crippen LogP contribution in [0.4, 0.5) is 17.6 Å². The number of benzene rings is 2. The van der Waals surface area contributed by atoms with Gasteiger partial charge in [-0.25, -0.2) is 14.1 Å². The van der Waals surface area contributed by atoms with E-state index in [0.29, 0.717) is 10.7 Å². The Morgan fingerprint density at radius 1 is 1.09 bits per heavy atom. The number of aromatic nitrogens is 4. The van der Waals surface area contributed by atoms with Gasteiger partial charge in [0.15, 0.2) is 11.4 Å². The second-order valence-electron chi connectivity index (χ2n) is 6.78. The molecule has 0 aliphatic heterocycles. The van der Waals surface area contributed by atoms with E-state index in [1.165, 1.54) is 23.5 Å². The summed E-state index contributed by atoms with van der Waals surface area (Å²) in [4.78, 5) is 17.1. The molecule has 2 aromatic carbocycles. The van der Waals surface area contributed by atoms with E-state index in [4.69, 9.17) is 0 Å². The van der Waals surface area contributed by atoms with Crippen LogP contribution in [0.15, 0.2) is 60.0 Å². The Balaban J connectivity index is 1.61. The zero-order chi connectivity index (χ0) is 22.9. The van der Waals surface area contributed by atoms with E-state index in [0.717, 1.165) is 17.7 Å². The molecule has 11 heteroatoms. The fraction of sp³-hybridized carbons (Fsp3) is 0.143. The predicted octanol–water partition coefficient (Wildman–Crippen LogP) is 5.04. The molecule has 1 amide bonds. The van der Waals surface area contributed by atoms with Gasteiger partial charge in [-0.15, -0.1) is 16.4 Å². The van der Waals surface area contributed by atoms with Gasteiger partial charge in [-0.3, -0.25) is 4.79 Å². The Hall–Kier alpha value is -3.60. The molecule has 0 aliphatic carbocycles. The minimum absolute atomic E-state index is 0.284. The number of para-hydroxylation sites is 1. The smallest absolute Gasteiger partial charge is 0.342 e. The molecule has 6 nitrogen and oxygen atoms in total. The zero-order valence-electron chi connectivity index (χ0n) is 16.5. The van der Waals surface area contributed by atoms with E-state index < -0.39 is 41.0 Å². The first kappa shape index (κ1) is 21.6. The van der Waals surface area contributed by atoms with E-state index in [9.17, 15) is 22.4 Å². The van der Waals surface area contributed by atoms with Gasteiger partial charge in [0.05, 0.1) is 11.7 Å². The van der Waals surface area contributed by atoms with Gasteiger partial charge < -0.3 is 5.32 Å². The molecule has 0 spiro atoms. The van der Waals surface area contributed by atoms with Crippen LogP contribution in [0.5, 0.6) is 0 Å². The number of thiazole rings is 1. The van der Waals surface area contributed by atoms with Crippen LogP contribution >= 0.6 is 11.3 Å². The van der Waals surface area contributed by atoms with Crippen molar-refractivity contribution in [1.29, 1.82) is 0 Å². The number of carbonyl (C=O) groups is 1. The molecule has 1 atom stereocenters. The number of amides is 1. The Labute approximate surface area is 183 Å². The molecule has 2 aromatic heterocycles. The molecule has 32 heavy (non-hydrogen) atoms. The minimum Gasteiger partial charge on any atom is -0.342 e. The van der Waals surface area contributed by atoms with Crippen molar-refractivity contribution in [3.05, 3.63) is 82.2 Å². The molecule has 0 saturated carbocycles. The van der Waals surface area contributed by atoms with Gasteiger partial charge in [-0.05, 0) is 19.1 Å². The summed E-state index contributed by atoms with van der Waals surface area (Å²) in [5.74, 6) is -2.02. The second kappa shape index (κ2) is 8.50. The van der Waals surface area contributed by atoms with Crippen molar-refractivity contribution < 1.29 is 22.4 Å². The van der Waals surface area contributed by atoms with Crippen LogP contribution in [0.2, 0.25) is 0 Å². The molecule has 2 heterocycles. The van der Waals surface area contributed by atoms with Gasteiger partial charge in [0.1, 0.15) is 16.5 Å². The van der Waals surface area contributed by atoms with E-state index in [1.54, 1.807) is 12.3 Å². The quantitative estimate of drug-likeness (QED) is 0.423. The summed E-state index contributed by atoms with van der Waals surface area (Å²) in [6, 6.07) is 13.4. The maximum Gasteiger partial charge on any atom is 0.435 e. The Kier molecular flexibility index (Phi) is 5.74. The van der Waals surface area contributed by atoms with Gasteiger partial charge in [-0.1, -0.05) is 47.7 Å². The van der Waals surface area contributed by atoms with Gasteiger partial charge in [0, 0.05) is 10.9 Å². The molecule has 0 radical (unpaired) electrons. The van der Waals surface area contributed by atoms with E-state index in [2.05, 4.69) is 20.6 Å². The lowest BCUT2D eigenvalue weighted by molar-refractivity contribution is -0.143. The van der Waals surface area contributed by atoms with Crippen molar-refractivity contribution in [2.45, 2.75) is 19.1 Å². The van der Waals surface area contributed by atoms with Gasteiger partial charge >= 0.3 is 6.18 Å². The lowest BCUT2D eigenvalue weighted by atomic mass is 10.2. The molecule has 0 saturated heterocycles. The third-order valence-electron chi connectivity index (χ3n) is 4.54. The van der Waals surface area contributed by atoms with E-state index in [-0.39, 0.29) is 4.68 Å². The first-order valence-electron chi connectivity index (χ1n) is 9.35. The molecule has 4 aromatic rings. The van der Waals surface area contributed by atoms with E-state index in [1.807, 2.05) is 30.3 Å². The normalized spacial score (nSPS) is 12.5. The average molecular weight is 461 g/mol. The van der Waals surface area contributed by atoms with Crippen molar-refractivity contribution in [1.82, 2.24) is 25.3 Å². The number of carbonyl (C=O) groups excluding carboxylic acids is 1. The summed E-state index contributed by atoms with van der Waals surface area (Å²) in [5.41, 5.74) is -1.32. The van der Waals surface area contributed by atoms with Gasteiger partial charge in [-0.2, -0.15) is 13.2 Å². The highest BCUT2D eigenvalue weighted by atomic mass is 32.1. The molecule has 0 bridgehead atoms. The zero-order valence-corrected chi connectivity index (χ0v) is 17.3. The van der Waals surface area contributed by atoms with Crippen molar-refractivity contribution in [3.8, 4) is 16.9 Å². The second-order valence-corrected chi connectivity index (χ2v) is 7.67. The van der Waals surface area contributed by atoms with Crippen LogP contribution in [-0.2, 0) is 6.18 Å². The number of halogens is 4. The minimum atomic E-state index is -5.00. The number of rotatable bonds is 5. The van der Waals surface area contributed by atoms with Gasteiger partial charge in [0.2, 0.25) is 0 Å². The topological polar surface area (TPSA) is 72.7 Å². The number of nitrogens with one attached hydrogen (secondary N) is 1. The summed E-state index contributed by atoms with van der Waals surface area (Å²) < 4.78 is 55.6. The molecular formula is C21H15F4N5OS. The van der Waals surface area contributed by atoms with Crippen molar-refractivity contribution in [3.63, 3.8) is 0 Å². The fourth-order valence-electron chi connectivity index (χ4n) is 3.04. The maximum absolute atomic E-state index is 14.1. The highest BCUT2D eigenvalue weighted by molar-refractivity contribution is 7.10. The van der Waals surface area contributed by atoms with Crippen molar-refractivity contribution in [2.24, 2.45) is 0 Å². The highest BCUT2D eigenvalue weighted by Gasteiger charge is 2.42. The summed E-state index contributed by atoms with van der Waals surface area (Å²) in [5, 5.41) is 11.6. The van der Waals surface area contributed by atoms with Crippen LogP contribution in [0, 0.1) is 5.82 Å². The maximum atomic E-state index is 14.1. The molecule has 164 valence electrons. The average Bonchev–Trinajstić information content (AvgIpc) is 3.42. The molecule has 1 unspecified atom stereocenters. The third-order valence-corrected chi connectivity index (χ3v) is 5.57. The van der Waals surface area contributed by atoms with Gasteiger partial charge in [0.25, 0.3) is 5.91 Å². The first-order chi connectivity index (χ1) is 15.3. The van der Waals surface area contributed by atoms with Crippen LogP contribution < -0.4 is 5.32 Å². The lowest BCUT2D eigenvalue weighted by Gasteiger charge is -2.13. The summed E-state index contributed by atoms with van der Waals surface area (Å²) in [7, 11) is 0. The van der Waals surface area contributed by atoms with E-state index >= 15 is 0 Å². The molecule has 0 aliphatic rings. The Bertz CT molecular complexity index is 1250. The van der Waals surface area contributed by atoms with Crippen molar-refractivity contribution in [2.75, 3.05) is 0 Å². The van der Waals surface area contributed by atoms with Crippen LogP contribution in [-0.4, -0.2) is 25.9 Å². The number of nitrogens with zero attached hydrogens (tertiary/aromatic N) is 4. The number of hydrogen-bond donors (Lipinski definition) is 1. The summed E-state index contributed by atoms with van der Waals surface area (Å²) >= 11 is 1.26. The van der Waals surface area contributed by atoms with Crippen LogP contribution in [0.25, 0.3) is 16.9 Å². The van der Waals surface area contributed by atoms with Crippen LogP contribution in [0.3, 0.4) is 0 Å². The third kappa shape index (κ3) is 4.24.